The molecule has 0 fully saturated rings. The molecule has 1 N–H and O–H groups in total. The number of thiazole rings is 1. The highest BCUT2D eigenvalue weighted by molar-refractivity contribution is 7.17. The van der Waals surface area contributed by atoms with Gasteiger partial charge in [0.25, 0.3) is 5.91 Å². The summed E-state index contributed by atoms with van der Waals surface area (Å²) in [6.45, 7) is 3.33. The minimum atomic E-state index is -0.295. The predicted molar refractivity (Wildman–Crippen MR) is 119 cm³/mol. The van der Waals surface area contributed by atoms with Crippen molar-refractivity contribution in [3.63, 3.8) is 0 Å². The van der Waals surface area contributed by atoms with E-state index in [9.17, 15) is 4.79 Å². The monoisotopic (exact) mass is 422 g/mol. The van der Waals surface area contributed by atoms with Crippen molar-refractivity contribution in [1.82, 2.24) is 10.4 Å². The lowest BCUT2D eigenvalue weighted by molar-refractivity contribution is 0.0958. The number of carbonyl (C=O) groups is 1. The first kappa shape index (κ1) is 19.9. The van der Waals surface area contributed by atoms with Crippen molar-refractivity contribution in [2.45, 2.75) is 6.92 Å². The zero-order valence-corrected chi connectivity index (χ0v) is 17.8. The molecule has 1 aliphatic heterocycles. The van der Waals surface area contributed by atoms with E-state index in [1.165, 1.54) is 11.3 Å². The van der Waals surface area contributed by atoms with Gasteiger partial charge in [0.15, 0.2) is 0 Å². The van der Waals surface area contributed by atoms with Crippen LogP contribution in [0.5, 0.6) is 11.5 Å². The quantitative estimate of drug-likeness (QED) is 0.501. The van der Waals surface area contributed by atoms with E-state index in [0.29, 0.717) is 17.2 Å². The standard InChI is InChI=1S/C22H22N4O3S/c1-14-20(30-22(24-14)16-6-4-5-7-18(16)28-3)21(27)25-23-13-15-8-9-17-19(12-15)29-11-10-26(17)2/h4-9,12-13H,10-11H2,1-3H3,(H,25,27)/b23-13+. The predicted octanol–water partition coefficient (Wildman–Crippen LogP) is 3.72. The van der Waals surface area contributed by atoms with Crippen LogP contribution in [0, 0.1) is 6.92 Å². The molecule has 0 saturated carbocycles. The fraction of sp³-hybridized carbons (Fsp3) is 0.227. The average molecular weight is 423 g/mol. The summed E-state index contributed by atoms with van der Waals surface area (Å²) in [4.78, 5) is 19.8. The first-order valence-corrected chi connectivity index (χ1v) is 10.3. The third kappa shape index (κ3) is 3.99. The second kappa shape index (κ2) is 8.54. The summed E-state index contributed by atoms with van der Waals surface area (Å²) in [5, 5.41) is 4.83. The van der Waals surface area contributed by atoms with E-state index in [1.54, 1.807) is 13.3 Å². The van der Waals surface area contributed by atoms with Gasteiger partial charge in [-0.2, -0.15) is 5.10 Å². The van der Waals surface area contributed by atoms with Crippen LogP contribution in [0.4, 0.5) is 5.69 Å². The fourth-order valence-electron chi connectivity index (χ4n) is 3.21. The number of carbonyl (C=O) groups excluding carboxylic acids is 1. The number of nitrogens with zero attached hydrogens (tertiary/aromatic N) is 3. The molecule has 154 valence electrons. The van der Waals surface area contributed by atoms with Crippen molar-refractivity contribution in [3.8, 4) is 22.1 Å². The SMILES string of the molecule is COc1ccccc1-c1nc(C)c(C(=O)N/N=C/c2ccc3c(c2)OCCN3C)s1. The number of benzene rings is 2. The second-order valence-electron chi connectivity index (χ2n) is 6.83. The summed E-state index contributed by atoms with van der Waals surface area (Å²) in [5.74, 6) is 1.24. The van der Waals surface area contributed by atoms with E-state index in [-0.39, 0.29) is 5.91 Å². The van der Waals surface area contributed by atoms with Crippen LogP contribution in [0.2, 0.25) is 0 Å². The van der Waals surface area contributed by atoms with E-state index < -0.39 is 0 Å². The molecule has 0 radical (unpaired) electrons. The lowest BCUT2D eigenvalue weighted by Gasteiger charge is -2.27. The van der Waals surface area contributed by atoms with Crippen molar-refractivity contribution >= 4 is 29.1 Å². The summed E-state index contributed by atoms with van der Waals surface area (Å²) >= 11 is 1.31. The molecule has 1 aromatic heterocycles. The van der Waals surface area contributed by atoms with Crippen molar-refractivity contribution in [2.75, 3.05) is 32.2 Å². The van der Waals surface area contributed by atoms with Crippen LogP contribution in [-0.4, -0.2) is 44.4 Å². The van der Waals surface area contributed by atoms with Crippen molar-refractivity contribution in [2.24, 2.45) is 5.10 Å². The number of aromatic nitrogens is 1. The van der Waals surface area contributed by atoms with Crippen LogP contribution in [0.25, 0.3) is 10.6 Å². The van der Waals surface area contributed by atoms with Crippen LogP contribution in [0.3, 0.4) is 0 Å². The number of para-hydroxylation sites is 1. The molecule has 0 saturated heterocycles. The molecular formula is C22H22N4O3S. The van der Waals surface area contributed by atoms with Gasteiger partial charge in [0.2, 0.25) is 0 Å². The minimum absolute atomic E-state index is 0.295. The molecular weight excluding hydrogens is 400 g/mol. The summed E-state index contributed by atoms with van der Waals surface area (Å²) in [6, 6.07) is 13.5. The molecule has 1 aliphatic rings. The van der Waals surface area contributed by atoms with Gasteiger partial charge < -0.3 is 14.4 Å². The molecule has 0 bridgehead atoms. The normalized spacial score (nSPS) is 13.1. The Morgan fingerprint density at radius 1 is 1.33 bits per heavy atom. The fourth-order valence-corrected chi connectivity index (χ4v) is 4.20. The van der Waals surface area contributed by atoms with Crippen LogP contribution >= 0.6 is 11.3 Å². The van der Waals surface area contributed by atoms with E-state index >= 15 is 0 Å². The van der Waals surface area contributed by atoms with Gasteiger partial charge >= 0.3 is 0 Å². The van der Waals surface area contributed by atoms with E-state index in [0.717, 1.165) is 39.9 Å². The Labute approximate surface area is 179 Å². The van der Waals surface area contributed by atoms with Gasteiger partial charge in [-0.05, 0) is 36.8 Å². The van der Waals surface area contributed by atoms with Crippen molar-refractivity contribution in [3.05, 3.63) is 58.6 Å². The maximum absolute atomic E-state index is 12.6. The molecule has 2 heterocycles. The molecule has 0 spiro atoms. The number of methoxy groups -OCH3 is 1. The lowest BCUT2D eigenvalue weighted by atomic mass is 10.1. The summed E-state index contributed by atoms with van der Waals surface area (Å²) in [5.41, 5.74) is 5.99. The first-order chi connectivity index (χ1) is 14.6. The number of ether oxygens (including phenoxy) is 2. The Kier molecular flexibility index (Phi) is 5.67. The Morgan fingerprint density at radius 3 is 3.00 bits per heavy atom. The zero-order valence-electron chi connectivity index (χ0n) is 17.0. The number of likely N-dealkylation sites (N-methyl/N-ethyl adjacent to an activating group) is 1. The van der Waals surface area contributed by atoms with Crippen molar-refractivity contribution in [1.29, 1.82) is 0 Å². The van der Waals surface area contributed by atoms with Crippen LogP contribution < -0.4 is 19.8 Å². The Morgan fingerprint density at radius 2 is 2.17 bits per heavy atom. The number of hydrogen-bond donors (Lipinski definition) is 1. The molecule has 7 nitrogen and oxygen atoms in total. The number of nitrogens with one attached hydrogen (secondary N) is 1. The summed E-state index contributed by atoms with van der Waals surface area (Å²) in [7, 11) is 3.65. The largest absolute Gasteiger partial charge is 0.496 e. The van der Waals surface area contributed by atoms with Gasteiger partial charge in [-0.3, -0.25) is 4.79 Å². The highest BCUT2D eigenvalue weighted by atomic mass is 32.1. The topological polar surface area (TPSA) is 76.0 Å². The van der Waals surface area contributed by atoms with E-state index in [2.05, 4.69) is 20.4 Å². The molecule has 0 unspecified atom stereocenters. The maximum Gasteiger partial charge on any atom is 0.283 e. The summed E-state index contributed by atoms with van der Waals surface area (Å²) < 4.78 is 11.1. The van der Waals surface area contributed by atoms with E-state index in [1.807, 2.05) is 56.4 Å². The highest BCUT2D eigenvalue weighted by Crippen LogP contribution is 2.34. The molecule has 8 heteroatoms. The number of amides is 1. The van der Waals surface area contributed by atoms with Gasteiger partial charge in [0.05, 0.1) is 36.8 Å². The van der Waals surface area contributed by atoms with Gasteiger partial charge in [0.1, 0.15) is 28.0 Å². The minimum Gasteiger partial charge on any atom is -0.496 e. The second-order valence-corrected chi connectivity index (χ2v) is 7.83. The number of anilines is 1. The number of aryl methyl sites for hydroxylation is 1. The third-order valence-corrected chi connectivity index (χ3v) is 5.99. The average Bonchev–Trinajstić information content (AvgIpc) is 3.15. The Bertz CT molecular complexity index is 1110. The number of hydrazone groups is 1. The van der Waals surface area contributed by atoms with Gasteiger partial charge in [-0.1, -0.05) is 18.2 Å². The zero-order chi connectivity index (χ0) is 21.1. The van der Waals surface area contributed by atoms with Gasteiger partial charge in [-0.25, -0.2) is 10.4 Å². The molecule has 2 aromatic carbocycles. The molecule has 0 aliphatic carbocycles. The molecule has 0 atom stereocenters. The highest BCUT2D eigenvalue weighted by Gasteiger charge is 2.18. The van der Waals surface area contributed by atoms with Crippen LogP contribution in [-0.2, 0) is 0 Å². The van der Waals surface area contributed by atoms with Crippen molar-refractivity contribution < 1.29 is 14.3 Å². The van der Waals surface area contributed by atoms with Gasteiger partial charge in [0, 0.05) is 7.05 Å². The molecule has 30 heavy (non-hydrogen) atoms. The van der Waals surface area contributed by atoms with Crippen LogP contribution in [0.1, 0.15) is 20.9 Å². The summed E-state index contributed by atoms with van der Waals surface area (Å²) in [6.07, 6.45) is 1.60. The number of fused-ring (bicyclic) bond motifs is 1. The number of rotatable bonds is 5. The maximum atomic E-state index is 12.6. The molecule has 1 amide bonds. The number of hydrogen-bond acceptors (Lipinski definition) is 7. The van der Waals surface area contributed by atoms with Gasteiger partial charge in [-0.15, -0.1) is 11.3 Å². The molecule has 4 rings (SSSR count). The molecule has 3 aromatic rings. The van der Waals surface area contributed by atoms with Crippen LogP contribution in [0.15, 0.2) is 47.6 Å². The van der Waals surface area contributed by atoms with E-state index in [4.69, 9.17) is 9.47 Å². The Hall–Kier alpha value is -3.39. The Balaban J connectivity index is 1.48. The third-order valence-electron chi connectivity index (χ3n) is 4.80. The first-order valence-electron chi connectivity index (χ1n) is 9.49. The smallest absolute Gasteiger partial charge is 0.283 e. The lowest BCUT2D eigenvalue weighted by Crippen LogP contribution is -2.28.